The molecule has 3 nitrogen and oxygen atoms in total. The van der Waals surface area contributed by atoms with Gasteiger partial charge in [-0.1, -0.05) is 12.1 Å². The molecule has 2 rings (SSSR count). The molecule has 0 amide bonds. The Labute approximate surface area is 92.4 Å². The highest BCUT2D eigenvalue weighted by atomic mass is 35.5. The van der Waals surface area contributed by atoms with Gasteiger partial charge in [-0.15, -0.1) is 0 Å². The molecule has 0 fully saturated rings. The van der Waals surface area contributed by atoms with Crippen molar-refractivity contribution in [2.24, 2.45) is 0 Å². The molecule has 1 N–H and O–H groups in total. The van der Waals surface area contributed by atoms with Crippen LogP contribution in [0.2, 0.25) is 5.28 Å². The summed E-state index contributed by atoms with van der Waals surface area (Å²) in [5.41, 5.74) is 1.82. The van der Waals surface area contributed by atoms with Crippen LogP contribution in [0.4, 0.5) is 0 Å². The number of phenolic OH excluding ortho intramolecular Hbond substituents is 1. The van der Waals surface area contributed by atoms with Gasteiger partial charge in [0.05, 0.1) is 0 Å². The minimum Gasteiger partial charge on any atom is -0.508 e. The molecule has 0 saturated heterocycles. The van der Waals surface area contributed by atoms with Gasteiger partial charge in [-0.3, -0.25) is 0 Å². The predicted molar refractivity (Wildman–Crippen MR) is 58.0 cm³/mol. The van der Waals surface area contributed by atoms with Crippen LogP contribution in [0.3, 0.4) is 0 Å². The van der Waals surface area contributed by atoms with E-state index >= 15 is 0 Å². The van der Waals surface area contributed by atoms with Crippen LogP contribution >= 0.6 is 11.6 Å². The van der Waals surface area contributed by atoms with E-state index in [2.05, 4.69) is 9.97 Å². The second-order valence-corrected chi connectivity index (χ2v) is 3.50. The van der Waals surface area contributed by atoms with Gasteiger partial charge in [0, 0.05) is 18.3 Å². The molecule has 1 aromatic carbocycles. The number of hydrogen-bond donors (Lipinski definition) is 1. The van der Waals surface area contributed by atoms with Crippen LogP contribution in [0.1, 0.15) is 11.3 Å². The summed E-state index contributed by atoms with van der Waals surface area (Å²) in [5.74, 6) is 0.257. The number of aromatic nitrogens is 2. The van der Waals surface area contributed by atoms with Crippen molar-refractivity contribution in [3.63, 3.8) is 0 Å². The molecule has 15 heavy (non-hydrogen) atoms. The average Bonchev–Trinajstić information content (AvgIpc) is 2.17. The van der Waals surface area contributed by atoms with Gasteiger partial charge in [-0.2, -0.15) is 0 Å². The van der Waals surface area contributed by atoms with Gasteiger partial charge in [0.2, 0.25) is 5.28 Å². The molecule has 76 valence electrons. The SMILES string of the molecule is Oc1cccc(Cc2ccnc(Cl)n2)c1. The second-order valence-electron chi connectivity index (χ2n) is 3.16. The summed E-state index contributed by atoms with van der Waals surface area (Å²) in [4.78, 5) is 7.87. The van der Waals surface area contributed by atoms with Crippen LogP contribution < -0.4 is 0 Å². The third-order valence-corrected chi connectivity index (χ3v) is 2.16. The first-order valence-electron chi connectivity index (χ1n) is 4.49. The first-order valence-corrected chi connectivity index (χ1v) is 4.87. The number of halogens is 1. The molecule has 0 unspecified atom stereocenters. The van der Waals surface area contributed by atoms with Gasteiger partial charge in [0.25, 0.3) is 0 Å². The Balaban J connectivity index is 2.22. The van der Waals surface area contributed by atoms with Gasteiger partial charge < -0.3 is 5.11 Å². The molecular weight excluding hydrogens is 212 g/mol. The van der Waals surface area contributed by atoms with E-state index in [4.69, 9.17) is 11.6 Å². The van der Waals surface area contributed by atoms with Crippen LogP contribution in [-0.2, 0) is 6.42 Å². The zero-order valence-corrected chi connectivity index (χ0v) is 8.65. The molecule has 0 aliphatic carbocycles. The minimum atomic E-state index is 0.243. The molecule has 2 aromatic rings. The molecule has 4 heteroatoms. The zero-order valence-electron chi connectivity index (χ0n) is 7.89. The Kier molecular flexibility index (Phi) is 2.83. The van der Waals surface area contributed by atoms with E-state index in [9.17, 15) is 5.11 Å². The molecule has 0 aliphatic heterocycles. The number of nitrogens with zero attached hydrogens (tertiary/aromatic N) is 2. The van der Waals surface area contributed by atoms with Gasteiger partial charge in [0.15, 0.2) is 0 Å². The Morgan fingerprint density at radius 2 is 2.13 bits per heavy atom. The summed E-state index contributed by atoms with van der Waals surface area (Å²) < 4.78 is 0. The smallest absolute Gasteiger partial charge is 0.222 e. The summed E-state index contributed by atoms with van der Waals surface area (Å²) in [5, 5.41) is 9.53. The van der Waals surface area contributed by atoms with E-state index in [1.807, 2.05) is 6.07 Å². The molecule has 0 saturated carbocycles. The molecular formula is C11H9ClN2O. The fourth-order valence-corrected chi connectivity index (χ4v) is 1.51. The predicted octanol–water partition coefficient (Wildman–Crippen LogP) is 2.43. The van der Waals surface area contributed by atoms with E-state index in [-0.39, 0.29) is 11.0 Å². The lowest BCUT2D eigenvalue weighted by molar-refractivity contribution is 0.474. The standard InChI is InChI=1S/C11H9ClN2O/c12-11-13-5-4-9(14-11)6-8-2-1-3-10(15)7-8/h1-5,7,15H,6H2. The molecule has 0 bridgehead atoms. The average molecular weight is 221 g/mol. The highest BCUT2D eigenvalue weighted by molar-refractivity contribution is 6.28. The van der Waals surface area contributed by atoms with Gasteiger partial charge >= 0.3 is 0 Å². The summed E-state index contributed by atoms with van der Waals surface area (Å²) in [6, 6.07) is 8.87. The number of aromatic hydroxyl groups is 1. The van der Waals surface area contributed by atoms with Crippen molar-refractivity contribution < 1.29 is 5.11 Å². The van der Waals surface area contributed by atoms with E-state index < -0.39 is 0 Å². The number of phenols is 1. The lowest BCUT2D eigenvalue weighted by Crippen LogP contribution is -1.93. The maximum atomic E-state index is 9.29. The normalized spacial score (nSPS) is 10.2. The van der Waals surface area contributed by atoms with Crippen molar-refractivity contribution >= 4 is 11.6 Å². The summed E-state index contributed by atoms with van der Waals surface area (Å²) >= 11 is 5.67. The van der Waals surface area contributed by atoms with Crippen molar-refractivity contribution in [2.45, 2.75) is 6.42 Å². The number of hydrogen-bond acceptors (Lipinski definition) is 3. The Bertz CT molecular complexity index is 430. The third kappa shape index (κ3) is 2.67. The van der Waals surface area contributed by atoms with Crippen LogP contribution in [0, 0.1) is 0 Å². The van der Waals surface area contributed by atoms with Crippen LogP contribution in [0.25, 0.3) is 0 Å². The maximum absolute atomic E-state index is 9.29. The molecule has 0 atom stereocenters. The lowest BCUT2D eigenvalue weighted by atomic mass is 10.1. The van der Waals surface area contributed by atoms with Crippen molar-refractivity contribution in [3.8, 4) is 5.75 Å². The Morgan fingerprint density at radius 3 is 2.87 bits per heavy atom. The minimum absolute atomic E-state index is 0.243. The highest BCUT2D eigenvalue weighted by Gasteiger charge is 1.99. The van der Waals surface area contributed by atoms with E-state index in [0.717, 1.165) is 11.3 Å². The lowest BCUT2D eigenvalue weighted by Gasteiger charge is -2.01. The quantitative estimate of drug-likeness (QED) is 0.791. The molecule has 1 heterocycles. The molecule has 0 radical (unpaired) electrons. The third-order valence-electron chi connectivity index (χ3n) is 1.98. The van der Waals surface area contributed by atoms with Gasteiger partial charge in [0.1, 0.15) is 5.75 Å². The van der Waals surface area contributed by atoms with Crippen molar-refractivity contribution in [1.29, 1.82) is 0 Å². The zero-order chi connectivity index (χ0) is 10.7. The fourth-order valence-electron chi connectivity index (χ4n) is 1.34. The first kappa shape index (κ1) is 9.93. The van der Waals surface area contributed by atoms with Crippen molar-refractivity contribution in [3.05, 3.63) is 53.1 Å². The van der Waals surface area contributed by atoms with Crippen LogP contribution in [-0.4, -0.2) is 15.1 Å². The van der Waals surface area contributed by atoms with E-state index in [1.165, 1.54) is 0 Å². The summed E-state index contributed by atoms with van der Waals surface area (Å²) in [6.45, 7) is 0. The van der Waals surface area contributed by atoms with Crippen LogP contribution in [0.5, 0.6) is 5.75 Å². The topological polar surface area (TPSA) is 46.0 Å². The fraction of sp³-hybridized carbons (Fsp3) is 0.0909. The molecule has 0 aliphatic rings. The maximum Gasteiger partial charge on any atom is 0.222 e. The summed E-state index contributed by atoms with van der Waals surface area (Å²) in [7, 11) is 0. The first-order chi connectivity index (χ1) is 7.24. The largest absolute Gasteiger partial charge is 0.508 e. The van der Waals surface area contributed by atoms with Crippen LogP contribution in [0.15, 0.2) is 36.5 Å². The van der Waals surface area contributed by atoms with Crippen molar-refractivity contribution in [2.75, 3.05) is 0 Å². The Hall–Kier alpha value is -1.61. The van der Waals surface area contributed by atoms with Crippen molar-refractivity contribution in [1.82, 2.24) is 9.97 Å². The molecule has 0 spiro atoms. The van der Waals surface area contributed by atoms with Gasteiger partial charge in [-0.25, -0.2) is 9.97 Å². The number of rotatable bonds is 2. The summed E-state index contributed by atoms with van der Waals surface area (Å²) in [6.07, 6.45) is 2.25. The monoisotopic (exact) mass is 220 g/mol. The van der Waals surface area contributed by atoms with E-state index in [0.29, 0.717) is 6.42 Å². The van der Waals surface area contributed by atoms with E-state index in [1.54, 1.807) is 30.5 Å². The Morgan fingerprint density at radius 1 is 1.27 bits per heavy atom. The number of benzene rings is 1. The molecule has 1 aromatic heterocycles. The van der Waals surface area contributed by atoms with Gasteiger partial charge in [-0.05, 0) is 35.4 Å². The second kappa shape index (κ2) is 4.28. The highest BCUT2D eigenvalue weighted by Crippen LogP contribution is 2.14.